The van der Waals surface area contributed by atoms with Crippen molar-refractivity contribution in [3.63, 3.8) is 0 Å². The molecule has 0 amide bonds. The van der Waals surface area contributed by atoms with Crippen molar-refractivity contribution in [2.45, 2.75) is 38.1 Å². The first kappa shape index (κ1) is 20.5. The molecule has 1 aromatic heterocycles. The minimum Gasteiger partial charge on any atom is -0.357 e. The zero-order chi connectivity index (χ0) is 17.1. The van der Waals surface area contributed by atoms with Gasteiger partial charge in [0.25, 0.3) is 0 Å². The zero-order valence-electron chi connectivity index (χ0n) is 16.0. The molecule has 3 rings (SSSR count). The van der Waals surface area contributed by atoms with E-state index in [1.807, 2.05) is 17.9 Å². The van der Waals surface area contributed by atoms with Gasteiger partial charge in [-0.2, -0.15) is 5.10 Å². The maximum Gasteiger partial charge on any atom is 0.193 e. The highest BCUT2D eigenvalue weighted by molar-refractivity contribution is 14.0. The largest absolute Gasteiger partial charge is 0.357 e. The summed E-state index contributed by atoms with van der Waals surface area (Å²) in [7, 11) is 6.35. The Balaban J connectivity index is 0.00000225. The molecule has 6 nitrogen and oxygen atoms in total. The van der Waals surface area contributed by atoms with Crippen LogP contribution in [0.4, 0.5) is 0 Å². The molecule has 25 heavy (non-hydrogen) atoms. The first-order chi connectivity index (χ1) is 11.6. The Hall–Kier alpha value is -0.830. The molecule has 2 unspecified atom stereocenters. The number of likely N-dealkylation sites (tertiary alicyclic amines) is 1. The fourth-order valence-corrected chi connectivity index (χ4v) is 3.70. The number of hydrogen-bond acceptors (Lipinski definition) is 3. The molecule has 1 saturated heterocycles. The third-order valence-corrected chi connectivity index (χ3v) is 5.28. The molecule has 1 saturated carbocycles. The standard InChI is InChI=1S/C18H32N6.HI/c1-5-19-18(20-11-17(22(2)3)14-6-7-14)24-9-8-15(13-24)16-10-21-23(4)12-16;/h10,12,14-15,17H,5-9,11,13H2,1-4H3,(H,19,20);1H. The van der Waals surface area contributed by atoms with E-state index in [0.717, 1.165) is 38.1 Å². The molecular weight excluding hydrogens is 427 g/mol. The Kier molecular flexibility index (Phi) is 7.54. The van der Waals surface area contributed by atoms with Crippen LogP contribution in [-0.2, 0) is 7.05 Å². The van der Waals surface area contributed by atoms with Gasteiger partial charge in [0.1, 0.15) is 0 Å². The molecule has 0 spiro atoms. The van der Waals surface area contributed by atoms with Crippen molar-refractivity contribution in [2.24, 2.45) is 18.0 Å². The summed E-state index contributed by atoms with van der Waals surface area (Å²) in [5, 5.41) is 7.81. The van der Waals surface area contributed by atoms with Gasteiger partial charge >= 0.3 is 0 Å². The van der Waals surface area contributed by atoms with Crippen LogP contribution < -0.4 is 5.32 Å². The average molecular weight is 460 g/mol. The highest BCUT2D eigenvalue weighted by Crippen LogP contribution is 2.34. The third-order valence-electron chi connectivity index (χ3n) is 5.28. The van der Waals surface area contributed by atoms with Gasteiger partial charge in [0, 0.05) is 44.8 Å². The normalized spacial score (nSPS) is 22.2. The van der Waals surface area contributed by atoms with Gasteiger partial charge in [-0.1, -0.05) is 0 Å². The minimum atomic E-state index is 0. The van der Waals surface area contributed by atoms with Crippen molar-refractivity contribution in [3.05, 3.63) is 18.0 Å². The molecule has 7 heteroatoms. The van der Waals surface area contributed by atoms with Crippen LogP contribution in [-0.4, -0.2) is 71.9 Å². The molecule has 142 valence electrons. The highest BCUT2D eigenvalue weighted by Gasteiger charge is 2.33. The number of nitrogens with one attached hydrogen (secondary N) is 1. The van der Waals surface area contributed by atoms with Gasteiger partial charge in [-0.05, 0) is 51.8 Å². The van der Waals surface area contributed by atoms with Crippen molar-refractivity contribution < 1.29 is 0 Å². The van der Waals surface area contributed by atoms with Crippen LogP contribution in [0, 0.1) is 5.92 Å². The van der Waals surface area contributed by atoms with Crippen LogP contribution in [0.15, 0.2) is 17.4 Å². The van der Waals surface area contributed by atoms with Crippen LogP contribution in [0.1, 0.15) is 37.7 Å². The van der Waals surface area contributed by atoms with Crippen LogP contribution >= 0.6 is 24.0 Å². The van der Waals surface area contributed by atoms with Gasteiger partial charge in [-0.3, -0.25) is 9.67 Å². The van der Waals surface area contributed by atoms with E-state index in [2.05, 4.69) is 47.4 Å². The second-order valence-electron chi connectivity index (χ2n) is 7.44. The highest BCUT2D eigenvalue weighted by atomic mass is 127. The number of hydrogen-bond donors (Lipinski definition) is 1. The van der Waals surface area contributed by atoms with Gasteiger partial charge in [0.15, 0.2) is 5.96 Å². The van der Waals surface area contributed by atoms with Gasteiger partial charge in [0.2, 0.25) is 0 Å². The monoisotopic (exact) mass is 460 g/mol. The zero-order valence-corrected chi connectivity index (χ0v) is 18.3. The average Bonchev–Trinajstić information content (AvgIpc) is 3.08. The van der Waals surface area contributed by atoms with E-state index >= 15 is 0 Å². The number of nitrogens with zero attached hydrogens (tertiary/aromatic N) is 5. The second-order valence-corrected chi connectivity index (χ2v) is 7.44. The molecule has 1 aromatic rings. The lowest BCUT2D eigenvalue weighted by molar-refractivity contribution is 0.270. The van der Waals surface area contributed by atoms with Crippen LogP contribution in [0.2, 0.25) is 0 Å². The minimum absolute atomic E-state index is 0. The number of aliphatic imine (C=N–C) groups is 1. The van der Waals surface area contributed by atoms with E-state index in [-0.39, 0.29) is 24.0 Å². The van der Waals surface area contributed by atoms with E-state index in [4.69, 9.17) is 4.99 Å². The van der Waals surface area contributed by atoms with Crippen molar-refractivity contribution in [2.75, 3.05) is 40.3 Å². The molecule has 1 aliphatic carbocycles. The predicted octanol–water partition coefficient (Wildman–Crippen LogP) is 2.13. The molecule has 0 bridgehead atoms. The number of aromatic nitrogens is 2. The summed E-state index contributed by atoms with van der Waals surface area (Å²) in [6, 6.07) is 0.579. The van der Waals surface area contributed by atoms with E-state index in [1.54, 1.807) is 0 Å². The van der Waals surface area contributed by atoms with Gasteiger partial charge in [-0.25, -0.2) is 0 Å². The Morgan fingerprint density at radius 2 is 2.16 bits per heavy atom. The van der Waals surface area contributed by atoms with Crippen molar-refractivity contribution in [3.8, 4) is 0 Å². The maximum atomic E-state index is 4.98. The molecule has 2 atom stereocenters. The second kappa shape index (κ2) is 9.21. The predicted molar refractivity (Wildman–Crippen MR) is 114 cm³/mol. The summed E-state index contributed by atoms with van der Waals surface area (Å²) < 4.78 is 1.90. The molecule has 1 aliphatic heterocycles. The van der Waals surface area contributed by atoms with Crippen LogP contribution in [0.25, 0.3) is 0 Å². The fourth-order valence-electron chi connectivity index (χ4n) is 3.70. The summed E-state index contributed by atoms with van der Waals surface area (Å²) >= 11 is 0. The third kappa shape index (κ3) is 5.32. The van der Waals surface area contributed by atoms with Gasteiger partial charge in [0.05, 0.1) is 12.7 Å². The van der Waals surface area contributed by atoms with E-state index in [0.29, 0.717) is 12.0 Å². The number of guanidine groups is 1. The number of halogens is 1. The summed E-state index contributed by atoms with van der Waals surface area (Å²) in [6.07, 6.45) is 8.06. The number of rotatable bonds is 6. The van der Waals surface area contributed by atoms with E-state index in [1.165, 1.54) is 24.8 Å². The van der Waals surface area contributed by atoms with Crippen LogP contribution in [0.3, 0.4) is 0 Å². The van der Waals surface area contributed by atoms with Crippen molar-refractivity contribution in [1.29, 1.82) is 0 Å². The maximum absolute atomic E-state index is 4.98. The Morgan fingerprint density at radius 3 is 2.72 bits per heavy atom. The lowest BCUT2D eigenvalue weighted by Gasteiger charge is -2.25. The first-order valence-electron chi connectivity index (χ1n) is 9.26. The molecular formula is C18H33IN6. The van der Waals surface area contributed by atoms with E-state index in [9.17, 15) is 0 Å². The molecule has 0 aromatic carbocycles. The Morgan fingerprint density at radius 1 is 1.40 bits per heavy atom. The molecule has 2 aliphatic rings. The lowest BCUT2D eigenvalue weighted by Crippen LogP contribution is -2.41. The van der Waals surface area contributed by atoms with Crippen molar-refractivity contribution >= 4 is 29.9 Å². The summed E-state index contributed by atoms with van der Waals surface area (Å²) in [5.41, 5.74) is 1.35. The molecule has 1 N–H and O–H groups in total. The summed E-state index contributed by atoms with van der Waals surface area (Å²) in [4.78, 5) is 9.74. The smallest absolute Gasteiger partial charge is 0.193 e. The SMILES string of the molecule is CCNC(=NCC(C1CC1)N(C)C)N1CCC(c2cnn(C)c2)C1.I. The quantitative estimate of drug-likeness (QED) is 0.402. The van der Waals surface area contributed by atoms with Crippen molar-refractivity contribution in [1.82, 2.24) is 24.9 Å². The summed E-state index contributed by atoms with van der Waals surface area (Å²) in [6.45, 7) is 6.07. The Bertz CT molecular complexity index is 564. The first-order valence-corrected chi connectivity index (χ1v) is 9.26. The van der Waals surface area contributed by atoms with E-state index < -0.39 is 0 Å². The molecule has 2 fully saturated rings. The number of likely N-dealkylation sites (N-methyl/N-ethyl adjacent to an activating group) is 1. The topological polar surface area (TPSA) is 48.7 Å². The molecule has 0 radical (unpaired) electrons. The molecule has 2 heterocycles. The fraction of sp³-hybridized carbons (Fsp3) is 0.778. The van der Waals surface area contributed by atoms with Gasteiger partial charge in [-0.15, -0.1) is 24.0 Å². The Labute approximate surface area is 169 Å². The number of aryl methyl sites for hydroxylation is 1. The summed E-state index contributed by atoms with van der Waals surface area (Å²) in [5.74, 6) is 2.49. The van der Waals surface area contributed by atoms with Gasteiger partial charge < -0.3 is 15.1 Å². The lowest BCUT2D eigenvalue weighted by atomic mass is 10.0. The van der Waals surface area contributed by atoms with Crippen LogP contribution in [0.5, 0.6) is 0 Å².